The number of halogens is 1. The molecule has 0 aliphatic rings. The van der Waals surface area contributed by atoms with Gasteiger partial charge in [-0.3, -0.25) is 4.99 Å². The monoisotopic (exact) mass is 458 g/mol. The predicted molar refractivity (Wildman–Crippen MR) is 113 cm³/mol. The fourth-order valence-corrected chi connectivity index (χ4v) is 2.46. The number of guanidine groups is 1. The Morgan fingerprint density at radius 3 is 2.33 bits per heavy atom. The molecular weight excluding hydrogens is 419 g/mol. The highest BCUT2D eigenvalue weighted by Crippen LogP contribution is 2.30. The Hall–Kier alpha value is -0.120. The van der Waals surface area contributed by atoms with Crippen molar-refractivity contribution >= 4 is 29.9 Å². The molecule has 0 fully saturated rings. The number of rotatable bonds is 13. The molecule has 0 heterocycles. The van der Waals surface area contributed by atoms with Gasteiger partial charge in [0.2, 0.25) is 0 Å². The number of ether oxygens (including phenoxy) is 1. The quantitative estimate of drug-likeness (QED) is 0.224. The van der Waals surface area contributed by atoms with E-state index in [-0.39, 0.29) is 36.0 Å². The maximum Gasteiger partial charge on any atom is 0.191 e. The van der Waals surface area contributed by atoms with Crippen LogP contribution in [-0.4, -0.2) is 76.1 Å². The summed E-state index contributed by atoms with van der Waals surface area (Å²) in [5.41, 5.74) is 0.104. The molecule has 6 nitrogen and oxygen atoms in total. The maximum absolute atomic E-state index is 9.31. The molecule has 0 aliphatic carbocycles. The average Bonchev–Trinajstić information content (AvgIpc) is 2.56. The van der Waals surface area contributed by atoms with Crippen molar-refractivity contribution in [1.29, 1.82) is 0 Å². The third-order valence-corrected chi connectivity index (χ3v) is 4.52. The Bertz CT molecular complexity index is 313. The molecule has 3 N–H and O–H groups in total. The standard InChI is InChI=1S/C17H38N4O2.HI/c1-6-17(7-2,9-13-22)15-20-16(18-8-3)19-10-11-21(4)12-14-23-5;/h22H,6-15H2,1-5H3,(H2,18,19,20);1H. The molecular formula is C17H39IN4O2. The van der Waals surface area contributed by atoms with E-state index in [4.69, 9.17) is 9.73 Å². The van der Waals surface area contributed by atoms with Crippen LogP contribution in [0.15, 0.2) is 4.99 Å². The lowest BCUT2D eigenvalue weighted by Gasteiger charge is -2.29. The number of nitrogens with one attached hydrogen (secondary N) is 2. The van der Waals surface area contributed by atoms with Crippen molar-refractivity contribution in [1.82, 2.24) is 15.5 Å². The number of hydrogen-bond acceptors (Lipinski definition) is 4. The molecule has 0 aromatic rings. The second-order valence-electron chi connectivity index (χ2n) is 6.10. The van der Waals surface area contributed by atoms with E-state index in [0.717, 1.165) is 64.6 Å². The van der Waals surface area contributed by atoms with E-state index < -0.39 is 0 Å². The first-order chi connectivity index (χ1) is 11.1. The fraction of sp³-hybridized carbons (Fsp3) is 0.941. The number of likely N-dealkylation sites (N-methyl/N-ethyl adjacent to an activating group) is 1. The van der Waals surface area contributed by atoms with Crippen LogP contribution in [0.25, 0.3) is 0 Å². The van der Waals surface area contributed by atoms with Gasteiger partial charge in [-0.25, -0.2) is 0 Å². The van der Waals surface area contributed by atoms with Crippen LogP contribution >= 0.6 is 24.0 Å². The number of methoxy groups -OCH3 is 1. The van der Waals surface area contributed by atoms with Gasteiger partial charge in [0.1, 0.15) is 0 Å². The third-order valence-electron chi connectivity index (χ3n) is 4.52. The highest BCUT2D eigenvalue weighted by molar-refractivity contribution is 14.0. The number of aliphatic imine (C=N–C) groups is 1. The Morgan fingerprint density at radius 2 is 1.83 bits per heavy atom. The summed E-state index contributed by atoms with van der Waals surface area (Å²) in [6.45, 7) is 11.7. The number of aliphatic hydroxyl groups is 1. The van der Waals surface area contributed by atoms with Gasteiger partial charge in [0.05, 0.1) is 6.61 Å². The zero-order valence-electron chi connectivity index (χ0n) is 16.2. The Balaban J connectivity index is 0. The first-order valence-electron chi connectivity index (χ1n) is 8.88. The topological polar surface area (TPSA) is 69.1 Å². The van der Waals surface area contributed by atoms with Crippen LogP contribution in [0.4, 0.5) is 0 Å². The molecule has 0 spiro atoms. The number of aliphatic hydroxyl groups excluding tert-OH is 1. The van der Waals surface area contributed by atoms with Crippen LogP contribution < -0.4 is 10.6 Å². The lowest BCUT2D eigenvalue weighted by molar-refractivity contribution is 0.162. The minimum Gasteiger partial charge on any atom is -0.396 e. The van der Waals surface area contributed by atoms with Gasteiger partial charge in [0.25, 0.3) is 0 Å². The lowest BCUT2D eigenvalue weighted by atomic mass is 9.79. The summed E-state index contributed by atoms with van der Waals surface area (Å²) >= 11 is 0. The molecule has 0 atom stereocenters. The zero-order chi connectivity index (χ0) is 17.6. The Labute approximate surface area is 165 Å². The van der Waals surface area contributed by atoms with E-state index in [1.165, 1.54) is 0 Å². The van der Waals surface area contributed by atoms with E-state index in [2.05, 4.69) is 43.4 Å². The molecule has 0 bridgehead atoms. The van der Waals surface area contributed by atoms with Gasteiger partial charge in [-0.1, -0.05) is 13.8 Å². The van der Waals surface area contributed by atoms with E-state index in [0.29, 0.717) is 0 Å². The van der Waals surface area contributed by atoms with Crippen LogP contribution in [0.1, 0.15) is 40.0 Å². The van der Waals surface area contributed by atoms with Gasteiger partial charge < -0.3 is 25.4 Å². The zero-order valence-corrected chi connectivity index (χ0v) is 18.6. The molecule has 0 unspecified atom stereocenters. The Morgan fingerprint density at radius 1 is 1.17 bits per heavy atom. The fourth-order valence-electron chi connectivity index (χ4n) is 2.46. The van der Waals surface area contributed by atoms with Crippen molar-refractivity contribution in [3.63, 3.8) is 0 Å². The minimum atomic E-state index is 0. The smallest absolute Gasteiger partial charge is 0.191 e. The molecule has 0 radical (unpaired) electrons. The largest absolute Gasteiger partial charge is 0.396 e. The second-order valence-corrected chi connectivity index (χ2v) is 6.10. The van der Waals surface area contributed by atoms with Crippen molar-refractivity contribution in [2.45, 2.75) is 40.0 Å². The molecule has 0 aromatic carbocycles. The molecule has 0 saturated carbocycles. The molecule has 146 valence electrons. The first kappa shape index (κ1) is 26.1. The minimum absolute atomic E-state index is 0. The Kier molecular flexibility index (Phi) is 17.8. The summed E-state index contributed by atoms with van der Waals surface area (Å²) in [6.07, 6.45) is 2.88. The molecule has 0 saturated heterocycles. The van der Waals surface area contributed by atoms with Gasteiger partial charge in [-0.2, -0.15) is 0 Å². The molecule has 7 heteroatoms. The second kappa shape index (κ2) is 16.4. The van der Waals surface area contributed by atoms with Gasteiger partial charge in [-0.05, 0) is 38.6 Å². The van der Waals surface area contributed by atoms with Crippen molar-refractivity contribution in [3.05, 3.63) is 0 Å². The molecule has 24 heavy (non-hydrogen) atoms. The van der Waals surface area contributed by atoms with Gasteiger partial charge in [-0.15, -0.1) is 24.0 Å². The van der Waals surface area contributed by atoms with E-state index in [1.54, 1.807) is 7.11 Å². The van der Waals surface area contributed by atoms with E-state index in [1.807, 2.05) is 0 Å². The van der Waals surface area contributed by atoms with Crippen molar-refractivity contribution in [3.8, 4) is 0 Å². The summed E-state index contributed by atoms with van der Waals surface area (Å²) < 4.78 is 5.08. The van der Waals surface area contributed by atoms with Crippen LogP contribution in [0.5, 0.6) is 0 Å². The van der Waals surface area contributed by atoms with Gasteiger partial charge in [0.15, 0.2) is 5.96 Å². The summed E-state index contributed by atoms with van der Waals surface area (Å²) in [5, 5.41) is 16.0. The summed E-state index contributed by atoms with van der Waals surface area (Å²) in [4.78, 5) is 6.98. The van der Waals surface area contributed by atoms with Crippen LogP contribution in [0.2, 0.25) is 0 Å². The van der Waals surface area contributed by atoms with Crippen molar-refractivity contribution < 1.29 is 9.84 Å². The van der Waals surface area contributed by atoms with E-state index in [9.17, 15) is 5.11 Å². The van der Waals surface area contributed by atoms with Crippen LogP contribution in [-0.2, 0) is 4.74 Å². The highest BCUT2D eigenvalue weighted by atomic mass is 127. The predicted octanol–water partition coefficient (Wildman–Crippen LogP) is 1.93. The molecule has 0 aliphatic heterocycles. The summed E-state index contributed by atoms with van der Waals surface area (Å²) in [5.74, 6) is 0.858. The van der Waals surface area contributed by atoms with E-state index >= 15 is 0 Å². The first-order valence-corrected chi connectivity index (χ1v) is 8.88. The molecule has 0 aromatic heterocycles. The van der Waals surface area contributed by atoms with Crippen LogP contribution in [0, 0.1) is 5.41 Å². The normalized spacial score (nSPS) is 12.2. The SMILES string of the molecule is CCNC(=NCC(CC)(CC)CCO)NCCN(C)CCOC.I. The highest BCUT2D eigenvalue weighted by Gasteiger charge is 2.25. The maximum atomic E-state index is 9.31. The van der Waals surface area contributed by atoms with Gasteiger partial charge >= 0.3 is 0 Å². The summed E-state index contributed by atoms with van der Waals surface area (Å²) in [6, 6.07) is 0. The van der Waals surface area contributed by atoms with Crippen molar-refractivity contribution in [2.24, 2.45) is 10.4 Å². The molecule has 0 rings (SSSR count). The molecule has 0 amide bonds. The lowest BCUT2D eigenvalue weighted by Crippen LogP contribution is -2.42. The average molecular weight is 458 g/mol. The van der Waals surface area contributed by atoms with Gasteiger partial charge in [0, 0.05) is 46.4 Å². The van der Waals surface area contributed by atoms with Crippen LogP contribution in [0.3, 0.4) is 0 Å². The summed E-state index contributed by atoms with van der Waals surface area (Å²) in [7, 11) is 3.81. The number of hydrogen-bond donors (Lipinski definition) is 3. The van der Waals surface area contributed by atoms with Crippen molar-refractivity contribution in [2.75, 3.05) is 60.1 Å². The number of nitrogens with zero attached hydrogens (tertiary/aromatic N) is 2. The third kappa shape index (κ3) is 11.4.